The van der Waals surface area contributed by atoms with E-state index in [0.717, 1.165) is 21.5 Å². The Morgan fingerprint density at radius 1 is 0.639 bits per heavy atom. The minimum Gasteiger partial charge on any atom is -0.166 e. The van der Waals surface area contributed by atoms with Gasteiger partial charge in [0.1, 0.15) is 0 Å². The van der Waals surface area contributed by atoms with Crippen molar-refractivity contribution >= 4 is 55.4 Å². The third-order valence-corrected chi connectivity index (χ3v) is 8.17. The Kier molecular flexibility index (Phi) is 4.26. The van der Waals surface area contributed by atoms with Crippen LogP contribution in [0.5, 0.6) is 0 Å². The minimum atomic E-state index is -4.41. The maximum atomic E-state index is 14.0. The zero-order chi connectivity index (χ0) is 24.8. The van der Waals surface area contributed by atoms with Gasteiger partial charge in [0.15, 0.2) is 0 Å². The van der Waals surface area contributed by atoms with Gasteiger partial charge in [-0.05, 0) is 49.5 Å². The fourth-order valence-corrected chi connectivity index (χ4v) is 6.58. The van der Waals surface area contributed by atoms with Gasteiger partial charge in [0.25, 0.3) is 0 Å². The SMILES string of the molecule is CC1(C)c2ccccc2B(c2ccccc2)c2c1cc1ccc3c(C(F)(F)F)ccc4ccc2c1c43. The van der Waals surface area contributed by atoms with E-state index in [9.17, 15) is 13.2 Å². The molecular weight excluding hydrogens is 452 g/mol. The van der Waals surface area contributed by atoms with Gasteiger partial charge in [-0.1, -0.05) is 121 Å². The molecule has 174 valence electrons. The Labute approximate surface area is 207 Å². The Morgan fingerprint density at radius 3 is 2.06 bits per heavy atom. The van der Waals surface area contributed by atoms with Gasteiger partial charge in [-0.25, -0.2) is 0 Å². The first-order valence-electron chi connectivity index (χ1n) is 12.2. The summed E-state index contributed by atoms with van der Waals surface area (Å²) in [6.07, 6.45) is -4.41. The lowest BCUT2D eigenvalue weighted by molar-refractivity contribution is -0.136. The van der Waals surface area contributed by atoms with Gasteiger partial charge >= 0.3 is 6.18 Å². The number of rotatable bonds is 1. The lowest BCUT2D eigenvalue weighted by Crippen LogP contribution is -2.60. The van der Waals surface area contributed by atoms with Crippen LogP contribution in [-0.2, 0) is 11.6 Å². The van der Waals surface area contributed by atoms with Crippen LogP contribution in [0.15, 0.2) is 97.1 Å². The van der Waals surface area contributed by atoms with E-state index in [4.69, 9.17) is 0 Å². The van der Waals surface area contributed by atoms with Crippen LogP contribution in [0.2, 0.25) is 0 Å². The third kappa shape index (κ3) is 2.79. The number of fused-ring (bicyclic) bond motifs is 3. The quantitative estimate of drug-likeness (QED) is 0.183. The second-order valence-corrected chi connectivity index (χ2v) is 10.4. The summed E-state index contributed by atoms with van der Waals surface area (Å²) in [5.74, 6) is 0. The lowest BCUT2D eigenvalue weighted by atomic mass is 9.31. The standard InChI is InChI=1S/C32H22BF3/c1-31(2)25-10-6-7-11-27(25)33(21-8-4-3-5-9-21)30-23-16-12-19-14-17-24(32(34,35)36)22-15-13-20(18-26(30)31)29(23)28(19)22/h3-18H,1-2H3. The molecule has 6 aromatic rings. The highest BCUT2D eigenvalue weighted by Gasteiger charge is 2.41. The average Bonchev–Trinajstić information content (AvgIpc) is 2.87. The second kappa shape index (κ2) is 7.13. The Hall–Kier alpha value is -3.79. The van der Waals surface area contributed by atoms with E-state index in [2.05, 4.69) is 74.5 Å². The van der Waals surface area contributed by atoms with Gasteiger partial charge in [-0.15, -0.1) is 0 Å². The van der Waals surface area contributed by atoms with Crippen LogP contribution in [-0.4, -0.2) is 6.71 Å². The molecule has 7 rings (SSSR count). The molecule has 0 nitrogen and oxygen atoms in total. The van der Waals surface area contributed by atoms with Crippen LogP contribution in [0.25, 0.3) is 32.3 Å². The number of alkyl halides is 3. The first-order chi connectivity index (χ1) is 17.3. The van der Waals surface area contributed by atoms with E-state index in [1.807, 2.05) is 18.2 Å². The predicted molar refractivity (Wildman–Crippen MR) is 145 cm³/mol. The van der Waals surface area contributed by atoms with Crippen molar-refractivity contribution in [1.82, 2.24) is 0 Å². The van der Waals surface area contributed by atoms with Gasteiger partial charge in [-0.3, -0.25) is 0 Å². The van der Waals surface area contributed by atoms with E-state index in [-0.39, 0.29) is 17.5 Å². The first kappa shape index (κ1) is 21.5. The van der Waals surface area contributed by atoms with E-state index in [1.165, 1.54) is 33.6 Å². The summed E-state index contributed by atoms with van der Waals surface area (Å²) in [5.41, 5.74) is 5.34. The molecule has 0 spiro atoms. The number of hydrogen-bond donors (Lipinski definition) is 0. The molecule has 0 fully saturated rings. The summed E-state index contributed by atoms with van der Waals surface area (Å²) < 4.78 is 41.9. The predicted octanol–water partition coefficient (Wildman–Crippen LogP) is 6.76. The van der Waals surface area contributed by atoms with Crippen LogP contribution < -0.4 is 16.4 Å². The van der Waals surface area contributed by atoms with Crippen molar-refractivity contribution in [3.8, 4) is 0 Å². The highest BCUT2D eigenvalue weighted by Crippen LogP contribution is 2.43. The largest absolute Gasteiger partial charge is 0.417 e. The number of halogens is 3. The molecule has 1 heterocycles. The Morgan fingerprint density at radius 2 is 1.28 bits per heavy atom. The Balaban J connectivity index is 1.68. The fourth-order valence-electron chi connectivity index (χ4n) is 6.58. The van der Waals surface area contributed by atoms with Crippen molar-refractivity contribution in [2.24, 2.45) is 0 Å². The molecule has 1 aliphatic rings. The molecule has 0 bridgehead atoms. The van der Waals surface area contributed by atoms with Gasteiger partial charge in [0.05, 0.1) is 5.56 Å². The summed E-state index contributed by atoms with van der Waals surface area (Å²) in [6, 6.07) is 31.7. The highest BCUT2D eigenvalue weighted by molar-refractivity contribution is 6.98. The zero-order valence-electron chi connectivity index (χ0n) is 19.9. The number of hydrogen-bond acceptors (Lipinski definition) is 0. The van der Waals surface area contributed by atoms with Crippen LogP contribution in [0.4, 0.5) is 13.2 Å². The maximum absolute atomic E-state index is 14.0. The first-order valence-corrected chi connectivity index (χ1v) is 12.2. The summed E-state index contributed by atoms with van der Waals surface area (Å²) >= 11 is 0. The summed E-state index contributed by atoms with van der Waals surface area (Å²) in [4.78, 5) is 0. The summed E-state index contributed by atoms with van der Waals surface area (Å²) in [7, 11) is 0. The smallest absolute Gasteiger partial charge is 0.166 e. The molecule has 0 unspecified atom stereocenters. The molecule has 0 atom stereocenters. The van der Waals surface area contributed by atoms with Crippen molar-refractivity contribution < 1.29 is 13.2 Å². The van der Waals surface area contributed by atoms with Crippen LogP contribution in [0.1, 0.15) is 30.5 Å². The van der Waals surface area contributed by atoms with Gasteiger partial charge in [-0.2, -0.15) is 13.2 Å². The molecule has 4 heteroatoms. The van der Waals surface area contributed by atoms with Crippen LogP contribution >= 0.6 is 0 Å². The van der Waals surface area contributed by atoms with Gasteiger partial charge < -0.3 is 0 Å². The molecule has 0 saturated heterocycles. The molecule has 0 aliphatic carbocycles. The average molecular weight is 474 g/mol. The third-order valence-electron chi connectivity index (χ3n) is 8.17. The molecule has 6 aromatic carbocycles. The Bertz CT molecular complexity index is 1800. The van der Waals surface area contributed by atoms with Crippen LogP contribution in [0, 0.1) is 0 Å². The fraction of sp³-hybridized carbons (Fsp3) is 0.125. The summed E-state index contributed by atoms with van der Waals surface area (Å²) in [5, 5.41) is 4.75. The van der Waals surface area contributed by atoms with Crippen molar-refractivity contribution in [1.29, 1.82) is 0 Å². The van der Waals surface area contributed by atoms with E-state index in [0.29, 0.717) is 5.39 Å². The minimum absolute atomic E-state index is 0.00270. The normalized spacial score (nSPS) is 15.0. The molecule has 36 heavy (non-hydrogen) atoms. The molecular formula is C32H22BF3. The highest BCUT2D eigenvalue weighted by atomic mass is 19.4. The van der Waals surface area contributed by atoms with Crippen molar-refractivity contribution in [3.63, 3.8) is 0 Å². The van der Waals surface area contributed by atoms with Crippen molar-refractivity contribution in [2.75, 3.05) is 0 Å². The molecule has 0 radical (unpaired) electrons. The monoisotopic (exact) mass is 474 g/mol. The zero-order valence-corrected chi connectivity index (χ0v) is 19.9. The van der Waals surface area contributed by atoms with Crippen molar-refractivity contribution in [2.45, 2.75) is 25.4 Å². The molecule has 1 aliphatic heterocycles. The lowest BCUT2D eigenvalue weighted by Gasteiger charge is -2.40. The van der Waals surface area contributed by atoms with Crippen molar-refractivity contribution in [3.05, 3.63) is 114 Å². The van der Waals surface area contributed by atoms with Crippen LogP contribution in [0.3, 0.4) is 0 Å². The maximum Gasteiger partial charge on any atom is 0.417 e. The molecule has 0 N–H and O–H groups in total. The molecule has 0 saturated carbocycles. The topological polar surface area (TPSA) is 0 Å². The molecule has 0 amide bonds. The van der Waals surface area contributed by atoms with E-state index in [1.54, 1.807) is 12.1 Å². The molecule has 0 aromatic heterocycles. The number of benzene rings is 6. The van der Waals surface area contributed by atoms with Gasteiger partial charge in [0, 0.05) is 5.41 Å². The summed E-state index contributed by atoms with van der Waals surface area (Å²) in [6.45, 7) is 4.51. The van der Waals surface area contributed by atoms with E-state index >= 15 is 0 Å². The second-order valence-electron chi connectivity index (χ2n) is 10.4. The van der Waals surface area contributed by atoms with E-state index < -0.39 is 11.7 Å². The van der Waals surface area contributed by atoms with Gasteiger partial charge in [0.2, 0.25) is 6.71 Å².